The second-order valence-electron chi connectivity index (χ2n) is 4.74. The van der Waals surface area contributed by atoms with Gasteiger partial charge in [0, 0.05) is 0 Å². The monoisotopic (exact) mass is 268 g/mol. The van der Waals surface area contributed by atoms with E-state index in [0.29, 0.717) is 0 Å². The van der Waals surface area contributed by atoms with E-state index in [1.165, 1.54) is 30.4 Å². The van der Waals surface area contributed by atoms with Gasteiger partial charge in [0.1, 0.15) is 0 Å². The fourth-order valence-electron chi connectivity index (χ4n) is 2.26. The van der Waals surface area contributed by atoms with E-state index in [9.17, 15) is 0 Å². The van der Waals surface area contributed by atoms with E-state index in [4.69, 9.17) is 9.59 Å². The smallest absolute Gasteiger partial charge is 0.186 e. The third-order valence-electron chi connectivity index (χ3n) is 3.31. The lowest BCUT2D eigenvalue weighted by Gasteiger charge is -2.15. The van der Waals surface area contributed by atoms with Crippen molar-refractivity contribution in [1.29, 1.82) is 0 Å². The van der Waals surface area contributed by atoms with Crippen LogP contribution in [0.15, 0.2) is 60.7 Å². The largest absolute Gasteiger partial charge is 0.373 e. The van der Waals surface area contributed by atoms with Crippen LogP contribution in [0.1, 0.15) is 24.5 Å². The molecule has 20 heavy (non-hydrogen) atoms. The molecule has 0 saturated carbocycles. The van der Waals surface area contributed by atoms with Gasteiger partial charge < -0.3 is 0 Å². The molecule has 0 radical (unpaired) electrons. The van der Waals surface area contributed by atoms with Crippen molar-refractivity contribution in [3.8, 4) is 0 Å². The molecular weight excluding hydrogens is 248 g/mol. The molecule has 2 aromatic rings. The summed E-state index contributed by atoms with van der Waals surface area (Å²) in [5.41, 5.74) is 2.91. The Bertz CT molecular complexity index is 458. The van der Waals surface area contributed by atoms with Crippen LogP contribution in [0.25, 0.3) is 0 Å². The third kappa shape index (κ3) is 6.12. The highest BCUT2D eigenvalue weighted by Crippen LogP contribution is 2.17. The van der Waals surface area contributed by atoms with Crippen molar-refractivity contribution in [2.75, 3.05) is 0 Å². The summed E-state index contributed by atoms with van der Waals surface area (Å²) in [6.45, 7) is 2.29. The van der Waals surface area contributed by atoms with Gasteiger partial charge in [0.05, 0.1) is 0 Å². The molecule has 2 heteroatoms. The van der Waals surface area contributed by atoms with Crippen LogP contribution in [-0.2, 0) is 22.4 Å². The SMILES string of the molecule is CCC(Cc1ccccc1)Cc1ccccc1.O=C=O. The molecule has 2 rings (SSSR count). The van der Waals surface area contributed by atoms with Gasteiger partial charge in [-0.3, -0.25) is 0 Å². The first kappa shape index (κ1) is 15.9. The quantitative estimate of drug-likeness (QED) is 0.823. The maximum Gasteiger partial charge on any atom is 0.373 e. The molecule has 0 atom stereocenters. The lowest BCUT2D eigenvalue weighted by molar-refractivity contribution is -0.191. The molecule has 0 spiro atoms. The van der Waals surface area contributed by atoms with Crippen molar-refractivity contribution in [2.24, 2.45) is 5.92 Å². The molecular formula is C18H20O2. The zero-order valence-electron chi connectivity index (χ0n) is 11.8. The fraction of sp³-hybridized carbons (Fsp3) is 0.278. The molecule has 0 amide bonds. The Labute approximate surface area is 120 Å². The first-order valence-electron chi connectivity index (χ1n) is 6.87. The van der Waals surface area contributed by atoms with Crippen LogP contribution in [0.4, 0.5) is 0 Å². The van der Waals surface area contributed by atoms with E-state index in [1.54, 1.807) is 0 Å². The van der Waals surface area contributed by atoms with Gasteiger partial charge in [-0.1, -0.05) is 74.0 Å². The summed E-state index contributed by atoms with van der Waals surface area (Å²) < 4.78 is 0. The van der Waals surface area contributed by atoms with Crippen molar-refractivity contribution in [3.05, 3.63) is 71.8 Å². The van der Waals surface area contributed by atoms with Crippen LogP contribution in [0, 0.1) is 5.92 Å². The number of carbonyl (C=O) groups excluding carboxylic acids is 2. The van der Waals surface area contributed by atoms with Gasteiger partial charge in [-0.2, -0.15) is 9.59 Å². The molecule has 2 aromatic carbocycles. The second kappa shape index (κ2) is 9.71. The molecule has 0 saturated heterocycles. The van der Waals surface area contributed by atoms with Crippen molar-refractivity contribution in [3.63, 3.8) is 0 Å². The Hall–Kier alpha value is -2.18. The predicted octanol–water partition coefficient (Wildman–Crippen LogP) is 3.91. The Morgan fingerprint density at radius 3 is 1.45 bits per heavy atom. The van der Waals surface area contributed by atoms with E-state index < -0.39 is 0 Å². The van der Waals surface area contributed by atoms with Crippen molar-refractivity contribution >= 4 is 6.15 Å². The lowest BCUT2D eigenvalue weighted by atomic mass is 9.91. The van der Waals surface area contributed by atoms with Gasteiger partial charge in [-0.15, -0.1) is 0 Å². The minimum absolute atomic E-state index is 0.250. The summed E-state index contributed by atoms with van der Waals surface area (Å²) in [6.07, 6.45) is 3.86. The standard InChI is InChI=1S/C17H20.CO2/c1-2-15(13-16-9-5-3-6-10-16)14-17-11-7-4-8-12-17;2-1-3/h3-12,15H,2,13-14H2,1H3;. The van der Waals surface area contributed by atoms with Gasteiger partial charge >= 0.3 is 6.15 Å². The summed E-state index contributed by atoms with van der Waals surface area (Å²) in [5.74, 6) is 0.750. The second-order valence-corrected chi connectivity index (χ2v) is 4.74. The molecule has 0 aromatic heterocycles. The third-order valence-corrected chi connectivity index (χ3v) is 3.31. The molecule has 0 unspecified atom stereocenters. The maximum atomic E-state index is 8.12. The van der Waals surface area contributed by atoms with Gasteiger partial charge in [-0.25, -0.2) is 0 Å². The van der Waals surface area contributed by atoms with Gasteiger partial charge in [0.15, 0.2) is 0 Å². The molecule has 0 bridgehead atoms. The summed E-state index contributed by atoms with van der Waals surface area (Å²) in [5, 5.41) is 0. The molecule has 0 aliphatic rings. The number of rotatable bonds is 5. The Balaban J connectivity index is 0.000000612. The predicted molar refractivity (Wildman–Crippen MR) is 79.1 cm³/mol. The van der Waals surface area contributed by atoms with Gasteiger partial charge in [0.25, 0.3) is 0 Å². The molecule has 0 aliphatic carbocycles. The van der Waals surface area contributed by atoms with E-state index in [1.807, 2.05) is 0 Å². The fourth-order valence-corrected chi connectivity index (χ4v) is 2.26. The van der Waals surface area contributed by atoms with Crippen LogP contribution in [0.2, 0.25) is 0 Å². The zero-order chi connectivity index (χ0) is 14.6. The van der Waals surface area contributed by atoms with Gasteiger partial charge in [0.2, 0.25) is 0 Å². The number of hydrogen-bond acceptors (Lipinski definition) is 2. The topological polar surface area (TPSA) is 34.1 Å². The Kier molecular flexibility index (Phi) is 7.71. The molecule has 0 aliphatic heterocycles. The van der Waals surface area contributed by atoms with Crippen LogP contribution >= 0.6 is 0 Å². The Morgan fingerprint density at radius 1 is 0.800 bits per heavy atom. The van der Waals surface area contributed by atoms with E-state index >= 15 is 0 Å². The minimum Gasteiger partial charge on any atom is -0.186 e. The molecule has 0 N–H and O–H groups in total. The summed E-state index contributed by atoms with van der Waals surface area (Å²) in [7, 11) is 0. The van der Waals surface area contributed by atoms with Crippen molar-refractivity contribution in [2.45, 2.75) is 26.2 Å². The molecule has 0 heterocycles. The normalized spacial score (nSPS) is 9.50. The molecule has 2 nitrogen and oxygen atoms in total. The first-order valence-corrected chi connectivity index (χ1v) is 6.87. The van der Waals surface area contributed by atoms with Crippen LogP contribution < -0.4 is 0 Å². The number of benzene rings is 2. The summed E-state index contributed by atoms with van der Waals surface area (Å²) in [6, 6.07) is 21.6. The summed E-state index contributed by atoms with van der Waals surface area (Å²) in [4.78, 5) is 16.2. The van der Waals surface area contributed by atoms with Crippen LogP contribution in [0.5, 0.6) is 0 Å². The highest BCUT2D eigenvalue weighted by Gasteiger charge is 2.08. The first-order chi connectivity index (χ1) is 9.80. The lowest BCUT2D eigenvalue weighted by Crippen LogP contribution is -2.07. The highest BCUT2D eigenvalue weighted by atomic mass is 16.2. The average Bonchev–Trinajstić information content (AvgIpc) is 2.49. The van der Waals surface area contributed by atoms with E-state index in [0.717, 1.165) is 5.92 Å². The van der Waals surface area contributed by atoms with Crippen molar-refractivity contribution in [1.82, 2.24) is 0 Å². The van der Waals surface area contributed by atoms with Gasteiger partial charge in [-0.05, 0) is 29.9 Å². The van der Waals surface area contributed by atoms with Crippen molar-refractivity contribution < 1.29 is 9.59 Å². The number of hydrogen-bond donors (Lipinski definition) is 0. The zero-order valence-corrected chi connectivity index (χ0v) is 11.8. The molecule has 104 valence electrons. The Morgan fingerprint density at radius 2 is 1.15 bits per heavy atom. The van der Waals surface area contributed by atoms with E-state index in [-0.39, 0.29) is 6.15 Å². The highest BCUT2D eigenvalue weighted by molar-refractivity contribution is 5.20. The van der Waals surface area contributed by atoms with E-state index in [2.05, 4.69) is 67.6 Å². The minimum atomic E-state index is 0.250. The molecule has 0 fully saturated rings. The van der Waals surface area contributed by atoms with Crippen LogP contribution in [-0.4, -0.2) is 6.15 Å². The summed E-state index contributed by atoms with van der Waals surface area (Å²) >= 11 is 0. The average molecular weight is 268 g/mol. The maximum absolute atomic E-state index is 8.12. The van der Waals surface area contributed by atoms with Crippen LogP contribution in [0.3, 0.4) is 0 Å².